The van der Waals surface area contributed by atoms with Crippen molar-refractivity contribution in [2.45, 2.75) is 20.4 Å². The molecular formula is C18H16FNO2. The summed E-state index contributed by atoms with van der Waals surface area (Å²) in [6.45, 7) is 4.21. The Balaban J connectivity index is 2.20. The molecule has 0 bridgehead atoms. The van der Waals surface area contributed by atoms with Crippen LogP contribution in [0.25, 0.3) is 10.9 Å². The van der Waals surface area contributed by atoms with Gasteiger partial charge in [0, 0.05) is 17.4 Å². The number of carbonyl (C=O) groups is 1. The summed E-state index contributed by atoms with van der Waals surface area (Å²) in [5.41, 5.74) is 3.87. The topological polar surface area (TPSA) is 42.2 Å². The van der Waals surface area contributed by atoms with E-state index < -0.39 is 5.97 Å². The number of rotatable bonds is 3. The Kier molecular flexibility index (Phi) is 3.45. The number of benzene rings is 2. The van der Waals surface area contributed by atoms with Gasteiger partial charge < -0.3 is 9.67 Å². The van der Waals surface area contributed by atoms with E-state index in [2.05, 4.69) is 0 Å². The predicted molar refractivity (Wildman–Crippen MR) is 83.9 cm³/mol. The molecular weight excluding hydrogens is 281 g/mol. The first-order valence-electron chi connectivity index (χ1n) is 7.04. The van der Waals surface area contributed by atoms with Crippen molar-refractivity contribution < 1.29 is 14.3 Å². The van der Waals surface area contributed by atoms with Crippen LogP contribution in [0.3, 0.4) is 0 Å². The summed E-state index contributed by atoms with van der Waals surface area (Å²) < 4.78 is 14.8. The second kappa shape index (κ2) is 5.30. The molecule has 0 saturated heterocycles. The minimum Gasteiger partial charge on any atom is -0.477 e. The monoisotopic (exact) mass is 297 g/mol. The molecule has 0 aliphatic heterocycles. The van der Waals surface area contributed by atoms with E-state index in [9.17, 15) is 14.3 Å². The first kappa shape index (κ1) is 14.3. The molecule has 4 heteroatoms. The standard InChI is InChI=1S/C18H16FNO2/c1-11-3-8-16-15(9-11)12(2)17(18(21)22)20(16)10-13-4-6-14(19)7-5-13/h3-9H,10H2,1-2H3,(H,21,22). The maximum absolute atomic E-state index is 13.0. The Labute approximate surface area is 127 Å². The molecule has 1 heterocycles. The van der Waals surface area contributed by atoms with Gasteiger partial charge in [0.05, 0.1) is 0 Å². The lowest BCUT2D eigenvalue weighted by Gasteiger charge is -2.09. The Hall–Kier alpha value is -2.62. The molecule has 3 nitrogen and oxygen atoms in total. The Morgan fingerprint density at radius 1 is 1.14 bits per heavy atom. The number of carboxylic acid groups (broad SMARTS) is 1. The summed E-state index contributed by atoms with van der Waals surface area (Å²) in [5, 5.41) is 10.5. The quantitative estimate of drug-likeness (QED) is 0.789. The molecule has 0 unspecified atom stereocenters. The van der Waals surface area contributed by atoms with Crippen LogP contribution in [0.5, 0.6) is 0 Å². The zero-order valence-electron chi connectivity index (χ0n) is 12.4. The third kappa shape index (κ3) is 2.37. The van der Waals surface area contributed by atoms with Crippen molar-refractivity contribution in [3.63, 3.8) is 0 Å². The number of aryl methyl sites for hydroxylation is 2. The van der Waals surface area contributed by atoms with Gasteiger partial charge >= 0.3 is 5.97 Å². The lowest BCUT2D eigenvalue weighted by molar-refractivity contribution is 0.0685. The van der Waals surface area contributed by atoms with Crippen molar-refractivity contribution in [2.24, 2.45) is 0 Å². The molecule has 3 aromatic rings. The van der Waals surface area contributed by atoms with Crippen LogP contribution >= 0.6 is 0 Å². The van der Waals surface area contributed by atoms with Crippen LogP contribution in [0.1, 0.15) is 27.2 Å². The SMILES string of the molecule is Cc1ccc2c(c1)c(C)c(C(=O)O)n2Cc1ccc(F)cc1. The average Bonchev–Trinajstić information content (AvgIpc) is 2.74. The maximum atomic E-state index is 13.0. The van der Waals surface area contributed by atoms with Crippen molar-refractivity contribution in [3.8, 4) is 0 Å². The first-order chi connectivity index (χ1) is 10.5. The minimum absolute atomic E-state index is 0.282. The van der Waals surface area contributed by atoms with Crippen molar-refractivity contribution in [1.29, 1.82) is 0 Å². The van der Waals surface area contributed by atoms with Crippen LogP contribution in [0.4, 0.5) is 4.39 Å². The molecule has 0 atom stereocenters. The second-order valence-corrected chi connectivity index (χ2v) is 5.51. The van der Waals surface area contributed by atoms with Gasteiger partial charge in [0.15, 0.2) is 0 Å². The molecule has 112 valence electrons. The van der Waals surface area contributed by atoms with E-state index >= 15 is 0 Å². The Bertz CT molecular complexity index is 863. The fourth-order valence-electron chi connectivity index (χ4n) is 2.85. The van der Waals surface area contributed by atoms with Gasteiger partial charge in [-0.15, -0.1) is 0 Å². The Morgan fingerprint density at radius 2 is 1.82 bits per heavy atom. The van der Waals surface area contributed by atoms with Crippen molar-refractivity contribution in [3.05, 3.63) is 70.7 Å². The highest BCUT2D eigenvalue weighted by molar-refractivity contribution is 5.98. The molecule has 0 saturated carbocycles. The summed E-state index contributed by atoms with van der Waals surface area (Å²) in [4.78, 5) is 11.7. The van der Waals surface area contributed by atoms with Crippen LogP contribution in [0, 0.1) is 19.7 Å². The van der Waals surface area contributed by atoms with Crippen molar-refractivity contribution in [1.82, 2.24) is 4.57 Å². The highest BCUT2D eigenvalue weighted by Gasteiger charge is 2.19. The van der Waals surface area contributed by atoms with E-state index in [0.717, 1.165) is 27.6 Å². The first-order valence-corrected chi connectivity index (χ1v) is 7.04. The van der Waals surface area contributed by atoms with Gasteiger partial charge in [-0.2, -0.15) is 0 Å². The smallest absolute Gasteiger partial charge is 0.352 e. The summed E-state index contributed by atoms with van der Waals surface area (Å²) in [7, 11) is 0. The summed E-state index contributed by atoms with van der Waals surface area (Å²) in [6.07, 6.45) is 0. The number of hydrogen-bond acceptors (Lipinski definition) is 1. The van der Waals surface area contributed by atoms with E-state index in [4.69, 9.17) is 0 Å². The molecule has 3 rings (SSSR count). The van der Waals surface area contributed by atoms with E-state index in [1.807, 2.05) is 32.0 Å². The number of nitrogens with zero attached hydrogens (tertiary/aromatic N) is 1. The van der Waals surface area contributed by atoms with Crippen molar-refractivity contribution >= 4 is 16.9 Å². The van der Waals surface area contributed by atoms with Gasteiger partial charge in [-0.1, -0.05) is 23.8 Å². The second-order valence-electron chi connectivity index (χ2n) is 5.51. The van der Waals surface area contributed by atoms with Crippen LogP contribution in [0.2, 0.25) is 0 Å². The number of fused-ring (bicyclic) bond motifs is 1. The fraction of sp³-hybridized carbons (Fsp3) is 0.167. The summed E-state index contributed by atoms with van der Waals surface area (Å²) in [5.74, 6) is -1.25. The molecule has 2 aromatic carbocycles. The van der Waals surface area contributed by atoms with E-state index in [-0.39, 0.29) is 11.5 Å². The van der Waals surface area contributed by atoms with Crippen LogP contribution in [-0.2, 0) is 6.54 Å². The third-order valence-electron chi connectivity index (χ3n) is 3.93. The average molecular weight is 297 g/mol. The van der Waals surface area contributed by atoms with Crippen LogP contribution in [-0.4, -0.2) is 15.6 Å². The zero-order valence-corrected chi connectivity index (χ0v) is 12.4. The van der Waals surface area contributed by atoms with Crippen LogP contribution in [0.15, 0.2) is 42.5 Å². The number of carboxylic acids is 1. The summed E-state index contributed by atoms with van der Waals surface area (Å²) in [6, 6.07) is 12.0. The van der Waals surface area contributed by atoms with E-state index in [0.29, 0.717) is 6.54 Å². The lowest BCUT2D eigenvalue weighted by Crippen LogP contribution is -2.10. The molecule has 0 fully saturated rings. The highest BCUT2D eigenvalue weighted by Crippen LogP contribution is 2.27. The normalized spacial score (nSPS) is 11.0. The number of halogens is 1. The number of hydrogen-bond donors (Lipinski definition) is 1. The molecule has 0 radical (unpaired) electrons. The number of aromatic carboxylic acids is 1. The highest BCUT2D eigenvalue weighted by atomic mass is 19.1. The van der Waals surface area contributed by atoms with Gasteiger partial charge in [-0.3, -0.25) is 0 Å². The van der Waals surface area contributed by atoms with Crippen molar-refractivity contribution in [2.75, 3.05) is 0 Å². The van der Waals surface area contributed by atoms with E-state index in [1.54, 1.807) is 16.7 Å². The Morgan fingerprint density at radius 3 is 2.45 bits per heavy atom. The molecule has 0 aliphatic rings. The van der Waals surface area contributed by atoms with E-state index in [1.165, 1.54) is 12.1 Å². The van der Waals surface area contributed by atoms with Gasteiger partial charge in [0.2, 0.25) is 0 Å². The molecule has 0 amide bonds. The summed E-state index contributed by atoms with van der Waals surface area (Å²) >= 11 is 0. The molecule has 22 heavy (non-hydrogen) atoms. The molecule has 0 aliphatic carbocycles. The molecule has 0 spiro atoms. The number of aromatic nitrogens is 1. The fourth-order valence-corrected chi connectivity index (χ4v) is 2.85. The third-order valence-corrected chi connectivity index (χ3v) is 3.93. The lowest BCUT2D eigenvalue weighted by atomic mass is 10.1. The van der Waals surface area contributed by atoms with Gasteiger partial charge in [0.1, 0.15) is 11.5 Å². The van der Waals surface area contributed by atoms with Gasteiger partial charge in [-0.05, 0) is 49.2 Å². The van der Waals surface area contributed by atoms with Gasteiger partial charge in [0.25, 0.3) is 0 Å². The predicted octanol–water partition coefficient (Wildman–Crippen LogP) is 4.14. The molecule has 1 aromatic heterocycles. The van der Waals surface area contributed by atoms with Crippen LogP contribution < -0.4 is 0 Å². The van der Waals surface area contributed by atoms with Gasteiger partial charge in [-0.25, -0.2) is 9.18 Å². The molecule has 1 N–H and O–H groups in total. The zero-order chi connectivity index (χ0) is 15.9. The maximum Gasteiger partial charge on any atom is 0.352 e. The minimum atomic E-state index is -0.950. The largest absolute Gasteiger partial charge is 0.477 e.